The summed E-state index contributed by atoms with van der Waals surface area (Å²) in [5.41, 5.74) is 1.09. The number of nitrogens with zero attached hydrogens (tertiary/aromatic N) is 1. The van der Waals surface area contributed by atoms with Crippen LogP contribution in [-0.4, -0.2) is 44.1 Å². The van der Waals surface area contributed by atoms with Gasteiger partial charge in [0, 0.05) is 18.3 Å². The number of rotatable bonds is 8. The van der Waals surface area contributed by atoms with E-state index in [-0.39, 0.29) is 12.5 Å². The van der Waals surface area contributed by atoms with Gasteiger partial charge in [0.1, 0.15) is 12.3 Å². The van der Waals surface area contributed by atoms with E-state index in [0.29, 0.717) is 23.6 Å². The molecule has 0 radical (unpaired) electrons. The minimum atomic E-state index is -0.972. The molecule has 1 N–H and O–H groups in total. The number of anilines is 1. The van der Waals surface area contributed by atoms with Crippen LogP contribution in [0, 0.1) is 0 Å². The second kappa shape index (κ2) is 10.1. The Bertz CT molecular complexity index is 805. The SMILES string of the molecule is CCOc1ccc(C(=O)NCC(=O)O[C@@H](C)C(=O)N(C)c2ccccc2)cc1. The van der Waals surface area contributed by atoms with E-state index in [9.17, 15) is 14.4 Å². The van der Waals surface area contributed by atoms with Crippen LogP contribution in [0.15, 0.2) is 54.6 Å². The fourth-order valence-electron chi connectivity index (χ4n) is 2.46. The molecule has 0 aliphatic heterocycles. The lowest BCUT2D eigenvalue weighted by atomic mass is 10.2. The van der Waals surface area contributed by atoms with Crippen molar-refractivity contribution in [3.8, 4) is 5.75 Å². The summed E-state index contributed by atoms with van der Waals surface area (Å²) in [5.74, 6) is -0.812. The number of hydrogen-bond donors (Lipinski definition) is 1. The number of esters is 1. The minimum Gasteiger partial charge on any atom is -0.494 e. The maximum absolute atomic E-state index is 12.4. The molecule has 148 valence electrons. The molecule has 0 heterocycles. The fraction of sp³-hybridized carbons (Fsp3) is 0.286. The Morgan fingerprint density at radius 1 is 1.04 bits per heavy atom. The Hall–Kier alpha value is -3.35. The molecular weight excluding hydrogens is 360 g/mol. The van der Waals surface area contributed by atoms with Gasteiger partial charge in [0.2, 0.25) is 0 Å². The largest absolute Gasteiger partial charge is 0.494 e. The molecule has 2 amide bonds. The van der Waals surface area contributed by atoms with E-state index in [1.807, 2.05) is 25.1 Å². The van der Waals surface area contributed by atoms with Gasteiger partial charge in [0.05, 0.1) is 6.61 Å². The van der Waals surface area contributed by atoms with Gasteiger partial charge in [-0.1, -0.05) is 18.2 Å². The van der Waals surface area contributed by atoms with Gasteiger partial charge in [-0.05, 0) is 50.2 Å². The number of ether oxygens (including phenoxy) is 2. The van der Waals surface area contributed by atoms with Gasteiger partial charge < -0.3 is 19.7 Å². The molecule has 0 saturated carbocycles. The number of nitrogens with one attached hydrogen (secondary N) is 1. The summed E-state index contributed by atoms with van der Waals surface area (Å²) in [4.78, 5) is 37.8. The van der Waals surface area contributed by atoms with Crippen molar-refractivity contribution in [1.82, 2.24) is 5.32 Å². The molecule has 2 rings (SSSR count). The molecule has 0 aliphatic carbocycles. The lowest BCUT2D eigenvalue weighted by Gasteiger charge is -2.21. The highest BCUT2D eigenvalue weighted by molar-refractivity contribution is 5.98. The summed E-state index contributed by atoms with van der Waals surface area (Å²) in [6, 6.07) is 15.6. The van der Waals surface area contributed by atoms with Crippen LogP contribution in [0.5, 0.6) is 5.75 Å². The Balaban J connectivity index is 1.82. The summed E-state index contributed by atoms with van der Waals surface area (Å²) in [7, 11) is 1.61. The van der Waals surface area contributed by atoms with Crippen molar-refractivity contribution in [2.24, 2.45) is 0 Å². The maximum Gasteiger partial charge on any atom is 0.326 e. The van der Waals surface area contributed by atoms with E-state index in [2.05, 4.69) is 5.32 Å². The zero-order valence-electron chi connectivity index (χ0n) is 16.2. The number of hydrogen-bond acceptors (Lipinski definition) is 5. The topological polar surface area (TPSA) is 84.9 Å². The smallest absolute Gasteiger partial charge is 0.326 e. The lowest BCUT2D eigenvalue weighted by Crippen LogP contribution is -2.39. The Morgan fingerprint density at radius 2 is 1.68 bits per heavy atom. The van der Waals surface area contributed by atoms with Crippen molar-refractivity contribution in [2.75, 3.05) is 25.1 Å². The molecule has 28 heavy (non-hydrogen) atoms. The van der Waals surface area contributed by atoms with E-state index >= 15 is 0 Å². The van der Waals surface area contributed by atoms with Gasteiger partial charge in [-0.25, -0.2) is 0 Å². The van der Waals surface area contributed by atoms with Gasteiger partial charge in [0.25, 0.3) is 11.8 Å². The van der Waals surface area contributed by atoms with E-state index in [1.54, 1.807) is 43.4 Å². The number of likely N-dealkylation sites (N-methyl/N-ethyl adjacent to an activating group) is 1. The zero-order chi connectivity index (χ0) is 20.5. The molecule has 0 aromatic heterocycles. The molecule has 2 aromatic carbocycles. The van der Waals surface area contributed by atoms with Gasteiger partial charge in [0.15, 0.2) is 6.10 Å². The van der Waals surface area contributed by atoms with Crippen molar-refractivity contribution < 1.29 is 23.9 Å². The van der Waals surface area contributed by atoms with Crippen molar-refractivity contribution >= 4 is 23.5 Å². The van der Waals surface area contributed by atoms with Crippen molar-refractivity contribution in [2.45, 2.75) is 20.0 Å². The normalized spacial score (nSPS) is 11.2. The molecule has 7 nitrogen and oxygen atoms in total. The monoisotopic (exact) mass is 384 g/mol. The van der Waals surface area contributed by atoms with Gasteiger partial charge >= 0.3 is 5.97 Å². The number of benzene rings is 2. The third kappa shape index (κ3) is 5.84. The van der Waals surface area contributed by atoms with Crippen molar-refractivity contribution in [3.63, 3.8) is 0 Å². The summed E-state index contributed by atoms with van der Waals surface area (Å²) in [6.45, 7) is 3.57. The molecule has 2 aromatic rings. The van der Waals surface area contributed by atoms with Gasteiger partial charge in [-0.2, -0.15) is 0 Å². The average molecular weight is 384 g/mol. The van der Waals surface area contributed by atoms with Crippen LogP contribution < -0.4 is 15.0 Å². The number of para-hydroxylation sites is 1. The number of carbonyl (C=O) groups is 3. The first-order valence-corrected chi connectivity index (χ1v) is 8.95. The minimum absolute atomic E-state index is 0.335. The predicted octanol–water partition coefficient (Wildman–Crippen LogP) is 2.41. The second-order valence-corrected chi connectivity index (χ2v) is 6.00. The van der Waals surface area contributed by atoms with Crippen LogP contribution in [0.25, 0.3) is 0 Å². The molecule has 0 bridgehead atoms. The second-order valence-electron chi connectivity index (χ2n) is 6.00. The quantitative estimate of drug-likeness (QED) is 0.707. The van der Waals surface area contributed by atoms with Crippen molar-refractivity contribution in [1.29, 1.82) is 0 Å². The Kier molecular flexibility index (Phi) is 7.56. The van der Waals surface area contributed by atoms with Crippen LogP contribution in [0.2, 0.25) is 0 Å². The van der Waals surface area contributed by atoms with E-state index in [1.165, 1.54) is 11.8 Å². The average Bonchev–Trinajstić information content (AvgIpc) is 2.72. The molecular formula is C21H24N2O5. The number of amides is 2. The van der Waals surface area contributed by atoms with Crippen LogP contribution >= 0.6 is 0 Å². The molecule has 0 fully saturated rings. The lowest BCUT2D eigenvalue weighted by molar-refractivity contribution is -0.152. The summed E-state index contributed by atoms with van der Waals surface area (Å²) in [5, 5.41) is 2.48. The standard InChI is InChI=1S/C21H24N2O5/c1-4-27-18-12-10-16(11-13-18)20(25)22-14-19(24)28-15(2)21(26)23(3)17-8-6-5-7-9-17/h5-13,15H,4,14H2,1-3H3,(H,22,25)/t15-/m0/s1. The first kappa shape index (κ1) is 21.0. The molecule has 7 heteroatoms. The van der Waals surface area contributed by atoms with E-state index in [4.69, 9.17) is 9.47 Å². The summed E-state index contributed by atoms with van der Waals surface area (Å²) < 4.78 is 10.4. The van der Waals surface area contributed by atoms with E-state index < -0.39 is 18.0 Å². The molecule has 0 saturated heterocycles. The maximum atomic E-state index is 12.4. The third-order valence-electron chi connectivity index (χ3n) is 3.95. The predicted molar refractivity (Wildman–Crippen MR) is 105 cm³/mol. The highest BCUT2D eigenvalue weighted by atomic mass is 16.5. The van der Waals surface area contributed by atoms with Crippen LogP contribution in [0.4, 0.5) is 5.69 Å². The molecule has 1 atom stereocenters. The molecule has 0 aliphatic rings. The number of carbonyl (C=O) groups excluding carboxylic acids is 3. The molecule has 0 unspecified atom stereocenters. The Labute approximate surface area is 164 Å². The zero-order valence-corrected chi connectivity index (χ0v) is 16.2. The summed E-state index contributed by atoms with van der Waals surface area (Å²) in [6.07, 6.45) is -0.972. The van der Waals surface area contributed by atoms with Crippen LogP contribution in [0.1, 0.15) is 24.2 Å². The fourth-order valence-corrected chi connectivity index (χ4v) is 2.46. The third-order valence-corrected chi connectivity index (χ3v) is 3.95. The first-order valence-electron chi connectivity index (χ1n) is 8.95. The van der Waals surface area contributed by atoms with E-state index in [0.717, 1.165) is 0 Å². The van der Waals surface area contributed by atoms with Crippen molar-refractivity contribution in [3.05, 3.63) is 60.2 Å². The molecule has 0 spiro atoms. The van der Waals surface area contributed by atoms with Gasteiger partial charge in [-0.3, -0.25) is 14.4 Å². The van der Waals surface area contributed by atoms with Gasteiger partial charge in [-0.15, -0.1) is 0 Å². The van der Waals surface area contributed by atoms with Crippen LogP contribution in [0.3, 0.4) is 0 Å². The Morgan fingerprint density at radius 3 is 2.29 bits per heavy atom. The summed E-state index contributed by atoms with van der Waals surface area (Å²) >= 11 is 0. The highest BCUT2D eigenvalue weighted by Gasteiger charge is 2.22. The van der Waals surface area contributed by atoms with Crippen LogP contribution in [-0.2, 0) is 14.3 Å². The first-order chi connectivity index (χ1) is 13.4. The highest BCUT2D eigenvalue weighted by Crippen LogP contribution is 2.13.